The van der Waals surface area contributed by atoms with Crippen LogP contribution in [0.4, 0.5) is 0 Å². The van der Waals surface area contributed by atoms with Gasteiger partial charge in [0.05, 0.1) is 5.56 Å². The topological polar surface area (TPSA) is 60.4 Å². The number of carbonyl (C=O) groups is 1. The zero-order valence-corrected chi connectivity index (χ0v) is 15.4. The van der Waals surface area contributed by atoms with E-state index in [-0.39, 0.29) is 40.9 Å². The number of hydrogen-bond donors (Lipinski definition) is 1. The van der Waals surface area contributed by atoms with Gasteiger partial charge < -0.3 is 10.2 Å². The summed E-state index contributed by atoms with van der Waals surface area (Å²) >= 11 is 0. The van der Waals surface area contributed by atoms with Gasteiger partial charge in [0, 0.05) is 0 Å². The molecule has 0 radical (unpaired) electrons. The number of carboxylic acid groups (broad SMARTS) is 1. The maximum Gasteiger partial charge on any atom is 1.00 e. The van der Waals surface area contributed by atoms with Crippen molar-refractivity contribution in [3.05, 3.63) is 29.3 Å². The molecule has 1 aromatic rings. The normalized spacial score (nSPS) is 10.1. The van der Waals surface area contributed by atoms with E-state index in [9.17, 15) is 9.90 Å². The minimum Gasteiger partial charge on any atom is -0.872 e. The molecule has 1 rings (SSSR count). The van der Waals surface area contributed by atoms with Gasteiger partial charge in [-0.2, -0.15) is 0 Å². The smallest absolute Gasteiger partial charge is 0.872 e. The van der Waals surface area contributed by atoms with Gasteiger partial charge in [0.1, 0.15) is 0 Å². The maximum atomic E-state index is 11.5. The summed E-state index contributed by atoms with van der Waals surface area (Å²) in [4.78, 5) is 10.7. The number of benzene rings is 1. The van der Waals surface area contributed by atoms with E-state index in [0.717, 1.165) is 18.4 Å². The van der Waals surface area contributed by atoms with E-state index in [2.05, 4.69) is 6.92 Å². The van der Waals surface area contributed by atoms with Gasteiger partial charge in [-0.3, -0.25) is 0 Å². The minimum atomic E-state index is -1.14. The van der Waals surface area contributed by atoms with Crippen LogP contribution in [0.25, 0.3) is 0 Å². The van der Waals surface area contributed by atoms with Crippen molar-refractivity contribution >= 4 is 5.97 Å². The average molecular weight is 300 g/mol. The van der Waals surface area contributed by atoms with Crippen LogP contribution in [-0.2, 0) is 6.42 Å². The van der Waals surface area contributed by atoms with Crippen LogP contribution in [-0.4, -0.2) is 11.1 Å². The number of carboxylic acids is 1. The fourth-order valence-corrected chi connectivity index (χ4v) is 2.36. The van der Waals surface area contributed by atoms with Gasteiger partial charge in [0.2, 0.25) is 0 Å². The molecule has 0 aliphatic carbocycles. The molecule has 0 atom stereocenters. The van der Waals surface area contributed by atoms with Gasteiger partial charge in [-0.25, -0.2) is 4.79 Å². The van der Waals surface area contributed by atoms with Crippen molar-refractivity contribution in [1.82, 2.24) is 0 Å². The fraction of sp³-hybridized carbons (Fsp3) is 0.588. The van der Waals surface area contributed by atoms with E-state index >= 15 is 0 Å². The first-order valence-electron chi connectivity index (χ1n) is 7.68. The average Bonchev–Trinajstić information content (AvgIpc) is 2.41. The van der Waals surface area contributed by atoms with Crippen LogP contribution in [0.2, 0.25) is 0 Å². The first kappa shape index (κ1) is 20.5. The fourth-order valence-electron chi connectivity index (χ4n) is 2.36. The second-order valence-corrected chi connectivity index (χ2v) is 5.36. The van der Waals surface area contributed by atoms with E-state index in [1.165, 1.54) is 57.1 Å². The SMILES string of the molecule is CCCCCCCCCCc1ccc(C(=O)O)c([O-])c1.[Na+]. The first-order valence-corrected chi connectivity index (χ1v) is 7.68. The summed E-state index contributed by atoms with van der Waals surface area (Å²) in [6.07, 6.45) is 10.9. The van der Waals surface area contributed by atoms with E-state index in [1.807, 2.05) is 0 Å². The van der Waals surface area contributed by atoms with Gasteiger partial charge in [-0.15, -0.1) is 0 Å². The molecule has 0 spiro atoms. The van der Waals surface area contributed by atoms with Crippen molar-refractivity contribution in [3.63, 3.8) is 0 Å². The van der Waals surface area contributed by atoms with Gasteiger partial charge in [-0.1, -0.05) is 69.8 Å². The first-order chi connectivity index (χ1) is 9.65. The van der Waals surface area contributed by atoms with Crippen molar-refractivity contribution in [2.24, 2.45) is 0 Å². The van der Waals surface area contributed by atoms with Crippen LogP contribution in [0.15, 0.2) is 18.2 Å². The Hall–Kier alpha value is -0.510. The van der Waals surface area contributed by atoms with E-state index in [1.54, 1.807) is 6.07 Å². The molecule has 0 aliphatic rings. The van der Waals surface area contributed by atoms with Crippen LogP contribution >= 0.6 is 0 Å². The number of hydrogen-bond acceptors (Lipinski definition) is 2. The Morgan fingerprint density at radius 3 is 2.14 bits per heavy atom. The molecule has 21 heavy (non-hydrogen) atoms. The molecule has 3 nitrogen and oxygen atoms in total. The third-order valence-electron chi connectivity index (χ3n) is 3.60. The van der Waals surface area contributed by atoms with Gasteiger partial charge in [0.15, 0.2) is 0 Å². The molecule has 0 amide bonds. The van der Waals surface area contributed by atoms with Crippen molar-refractivity contribution in [3.8, 4) is 5.75 Å². The Balaban J connectivity index is 0.00000400. The summed E-state index contributed by atoms with van der Waals surface area (Å²) in [7, 11) is 0. The number of aryl methyl sites for hydroxylation is 1. The molecule has 1 N–H and O–H groups in total. The second kappa shape index (κ2) is 12.1. The molecule has 0 saturated carbocycles. The predicted octanol–water partition coefficient (Wildman–Crippen LogP) is 1.15. The van der Waals surface area contributed by atoms with Crippen LogP contribution in [0, 0.1) is 0 Å². The third kappa shape index (κ3) is 8.50. The van der Waals surface area contributed by atoms with Crippen molar-refractivity contribution < 1.29 is 44.6 Å². The molecule has 0 unspecified atom stereocenters. The Bertz CT molecular complexity index is 418. The number of aromatic carboxylic acids is 1. The van der Waals surface area contributed by atoms with E-state index in [4.69, 9.17) is 5.11 Å². The Morgan fingerprint density at radius 1 is 1.05 bits per heavy atom. The van der Waals surface area contributed by atoms with Crippen LogP contribution in [0.5, 0.6) is 5.75 Å². The van der Waals surface area contributed by atoms with Crippen molar-refractivity contribution in [1.29, 1.82) is 0 Å². The predicted molar refractivity (Wildman–Crippen MR) is 79.2 cm³/mol. The molecular formula is C17H25NaO3. The molecule has 4 heteroatoms. The largest absolute Gasteiger partial charge is 1.00 e. The van der Waals surface area contributed by atoms with E-state index < -0.39 is 5.97 Å². The minimum absolute atomic E-state index is 0. The van der Waals surface area contributed by atoms with Crippen LogP contribution in [0.1, 0.15) is 74.2 Å². The third-order valence-corrected chi connectivity index (χ3v) is 3.60. The number of rotatable bonds is 10. The van der Waals surface area contributed by atoms with Gasteiger partial charge >= 0.3 is 35.5 Å². The molecule has 0 fully saturated rings. The molecular weight excluding hydrogens is 275 g/mol. The van der Waals surface area contributed by atoms with Gasteiger partial charge in [0.25, 0.3) is 0 Å². The van der Waals surface area contributed by atoms with Crippen LogP contribution < -0.4 is 34.7 Å². The quantitative estimate of drug-likeness (QED) is 0.521. The second-order valence-electron chi connectivity index (χ2n) is 5.36. The van der Waals surface area contributed by atoms with Crippen molar-refractivity contribution in [2.75, 3.05) is 0 Å². The Kier molecular flexibility index (Phi) is 11.8. The van der Waals surface area contributed by atoms with Crippen LogP contribution in [0.3, 0.4) is 0 Å². The summed E-state index contributed by atoms with van der Waals surface area (Å²) in [6.45, 7) is 2.22. The summed E-state index contributed by atoms with van der Waals surface area (Å²) in [5, 5.41) is 20.3. The maximum absolute atomic E-state index is 11.5. The standard InChI is InChI=1S/C17H26O3.Na/c1-2-3-4-5-6-7-8-9-10-14-11-12-15(17(19)20)16(18)13-14;/h11-13,18H,2-10H2,1H3,(H,19,20);/q;+1/p-1. The summed E-state index contributed by atoms with van der Waals surface area (Å²) in [5.41, 5.74) is 0.815. The Labute approximate surface area is 150 Å². The molecule has 0 saturated heterocycles. The van der Waals surface area contributed by atoms with Crippen molar-refractivity contribution in [2.45, 2.75) is 64.7 Å². The summed E-state index contributed by atoms with van der Waals surface area (Å²) in [6, 6.07) is 4.64. The monoisotopic (exact) mass is 300 g/mol. The molecule has 0 heterocycles. The zero-order valence-electron chi connectivity index (χ0n) is 13.4. The Morgan fingerprint density at radius 2 is 1.62 bits per heavy atom. The van der Waals surface area contributed by atoms with Gasteiger partial charge in [-0.05, 0) is 24.5 Å². The molecule has 0 aliphatic heterocycles. The zero-order chi connectivity index (χ0) is 14.8. The number of unbranched alkanes of at least 4 members (excludes halogenated alkanes) is 7. The molecule has 1 aromatic carbocycles. The molecule has 112 valence electrons. The summed E-state index contributed by atoms with van der Waals surface area (Å²) < 4.78 is 0. The molecule has 0 aromatic heterocycles. The van der Waals surface area contributed by atoms with E-state index in [0.29, 0.717) is 0 Å². The summed E-state index contributed by atoms with van der Waals surface area (Å²) in [5.74, 6) is -1.52. The molecule has 0 bridgehead atoms.